The number of aromatic nitrogens is 3. The summed E-state index contributed by atoms with van der Waals surface area (Å²) in [4.78, 5) is 8.87. The van der Waals surface area contributed by atoms with E-state index < -0.39 is 0 Å². The van der Waals surface area contributed by atoms with Gasteiger partial charge in [0.25, 0.3) is 5.89 Å². The molecule has 0 fully saturated rings. The molecule has 6 heteroatoms. The van der Waals surface area contributed by atoms with E-state index in [1.54, 1.807) is 12.3 Å². The fraction of sp³-hybridized carbons (Fsp3) is 0.350. The zero-order chi connectivity index (χ0) is 18.3. The third-order valence-corrected chi connectivity index (χ3v) is 4.93. The minimum Gasteiger partial charge on any atom is -0.474 e. The molecule has 0 saturated heterocycles. The minimum atomic E-state index is 0.00625. The predicted octanol–water partition coefficient (Wildman–Crippen LogP) is 4.96. The average Bonchev–Trinajstić information content (AvgIpc) is 3.23. The number of rotatable bonds is 4. The molecule has 0 amide bonds. The number of hydrogen-bond donors (Lipinski definition) is 0. The van der Waals surface area contributed by atoms with Crippen LogP contribution in [0, 0.1) is 6.92 Å². The highest BCUT2D eigenvalue weighted by molar-refractivity contribution is 6.32. The summed E-state index contributed by atoms with van der Waals surface area (Å²) in [6.45, 7) is 6.01. The number of fused-ring (bicyclic) bond motifs is 1. The standard InChI is InChI=1S/C20H20ClN3O2/c1-11(2)25-20-17(21)9-13(10-22-20)19-23-18(24-26-19)16-8-7-14-12(3)5-4-6-15(14)16/h4-6,9-11,16H,7-8H2,1-3H3/t16-/m1/s1. The van der Waals surface area contributed by atoms with Crippen molar-refractivity contribution in [3.8, 4) is 17.3 Å². The molecule has 0 radical (unpaired) electrons. The van der Waals surface area contributed by atoms with Crippen molar-refractivity contribution in [3.05, 3.63) is 58.0 Å². The molecule has 1 aliphatic rings. The highest BCUT2D eigenvalue weighted by Gasteiger charge is 2.29. The highest BCUT2D eigenvalue weighted by atomic mass is 35.5. The highest BCUT2D eigenvalue weighted by Crippen LogP contribution is 2.39. The van der Waals surface area contributed by atoms with Crippen LogP contribution in [0.5, 0.6) is 5.88 Å². The van der Waals surface area contributed by atoms with Gasteiger partial charge in [-0.15, -0.1) is 0 Å². The zero-order valence-electron chi connectivity index (χ0n) is 15.0. The summed E-state index contributed by atoms with van der Waals surface area (Å²) in [5.74, 6) is 1.72. The molecule has 3 aromatic rings. The maximum Gasteiger partial charge on any atom is 0.259 e. The first kappa shape index (κ1) is 17.0. The van der Waals surface area contributed by atoms with E-state index in [0.29, 0.717) is 28.2 Å². The van der Waals surface area contributed by atoms with E-state index in [0.717, 1.165) is 12.8 Å². The second-order valence-electron chi connectivity index (χ2n) is 6.87. The van der Waals surface area contributed by atoms with Crippen LogP contribution in [0.25, 0.3) is 11.5 Å². The van der Waals surface area contributed by atoms with Gasteiger partial charge in [-0.3, -0.25) is 0 Å². The molecule has 0 aliphatic heterocycles. The first-order chi connectivity index (χ1) is 12.5. The Morgan fingerprint density at radius 1 is 1.31 bits per heavy atom. The van der Waals surface area contributed by atoms with Crippen molar-refractivity contribution in [2.24, 2.45) is 0 Å². The average molecular weight is 370 g/mol. The van der Waals surface area contributed by atoms with Gasteiger partial charge in [-0.25, -0.2) is 4.98 Å². The molecule has 1 atom stereocenters. The SMILES string of the molecule is Cc1cccc2c1CC[C@H]2c1noc(-c2cnc(OC(C)C)c(Cl)c2)n1. The molecule has 5 nitrogen and oxygen atoms in total. The topological polar surface area (TPSA) is 61.0 Å². The number of nitrogens with zero attached hydrogens (tertiary/aromatic N) is 3. The van der Waals surface area contributed by atoms with E-state index in [1.807, 2.05) is 13.8 Å². The fourth-order valence-electron chi connectivity index (χ4n) is 3.45. The Hall–Kier alpha value is -2.40. The molecule has 1 aromatic carbocycles. The third kappa shape index (κ3) is 3.07. The second kappa shape index (κ2) is 6.72. The van der Waals surface area contributed by atoms with Gasteiger partial charge in [0.1, 0.15) is 5.02 Å². The van der Waals surface area contributed by atoms with E-state index in [2.05, 4.69) is 40.2 Å². The minimum absolute atomic E-state index is 0.00625. The zero-order valence-corrected chi connectivity index (χ0v) is 15.7. The number of aryl methyl sites for hydroxylation is 1. The number of halogens is 1. The van der Waals surface area contributed by atoms with Gasteiger partial charge in [-0.05, 0) is 56.4 Å². The summed E-state index contributed by atoms with van der Waals surface area (Å²) in [5.41, 5.74) is 4.72. The van der Waals surface area contributed by atoms with Crippen molar-refractivity contribution < 1.29 is 9.26 Å². The molecule has 0 N–H and O–H groups in total. The van der Waals surface area contributed by atoms with Crippen LogP contribution in [0.1, 0.15) is 48.7 Å². The normalized spacial score (nSPS) is 16.1. The molecule has 4 rings (SSSR count). The van der Waals surface area contributed by atoms with Gasteiger partial charge in [-0.2, -0.15) is 4.98 Å². The van der Waals surface area contributed by atoms with E-state index in [1.165, 1.54) is 16.7 Å². The maximum absolute atomic E-state index is 6.26. The summed E-state index contributed by atoms with van der Waals surface area (Å²) >= 11 is 6.26. The van der Waals surface area contributed by atoms with Crippen molar-refractivity contribution in [2.45, 2.75) is 45.6 Å². The van der Waals surface area contributed by atoms with E-state index in [-0.39, 0.29) is 12.0 Å². The van der Waals surface area contributed by atoms with Crippen molar-refractivity contribution in [3.63, 3.8) is 0 Å². The molecule has 1 aliphatic carbocycles. The Morgan fingerprint density at radius 2 is 2.15 bits per heavy atom. The third-order valence-electron chi connectivity index (χ3n) is 4.66. The smallest absolute Gasteiger partial charge is 0.259 e. The predicted molar refractivity (Wildman–Crippen MR) is 99.6 cm³/mol. The fourth-order valence-corrected chi connectivity index (χ4v) is 3.66. The van der Waals surface area contributed by atoms with Crippen LogP contribution < -0.4 is 4.74 Å². The van der Waals surface area contributed by atoms with Crippen LogP contribution in [-0.4, -0.2) is 21.2 Å². The van der Waals surface area contributed by atoms with Crippen LogP contribution in [-0.2, 0) is 6.42 Å². The van der Waals surface area contributed by atoms with Gasteiger partial charge >= 0.3 is 0 Å². The largest absolute Gasteiger partial charge is 0.474 e. The first-order valence-electron chi connectivity index (χ1n) is 8.77. The summed E-state index contributed by atoms with van der Waals surface area (Å²) in [6.07, 6.45) is 3.70. The molecular weight excluding hydrogens is 350 g/mol. The molecule has 134 valence electrons. The Morgan fingerprint density at radius 3 is 2.92 bits per heavy atom. The lowest BCUT2D eigenvalue weighted by Gasteiger charge is -2.10. The summed E-state index contributed by atoms with van der Waals surface area (Å²) in [6, 6.07) is 8.14. The van der Waals surface area contributed by atoms with Gasteiger partial charge in [0.15, 0.2) is 5.82 Å². The lowest BCUT2D eigenvalue weighted by molar-refractivity contribution is 0.233. The van der Waals surface area contributed by atoms with Crippen molar-refractivity contribution in [1.82, 2.24) is 15.1 Å². The summed E-state index contributed by atoms with van der Waals surface area (Å²) < 4.78 is 11.0. The van der Waals surface area contributed by atoms with Gasteiger partial charge in [0, 0.05) is 12.1 Å². The van der Waals surface area contributed by atoms with E-state index in [9.17, 15) is 0 Å². The maximum atomic E-state index is 6.26. The molecular formula is C20H20ClN3O2. The van der Waals surface area contributed by atoms with E-state index >= 15 is 0 Å². The summed E-state index contributed by atoms with van der Waals surface area (Å²) in [5, 5.41) is 4.64. The number of pyridine rings is 1. The van der Waals surface area contributed by atoms with E-state index in [4.69, 9.17) is 20.9 Å². The molecule has 0 bridgehead atoms. The Kier molecular flexibility index (Phi) is 4.41. The summed E-state index contributed by atoms with van der Waals surface area (Å²) in [7, 11) is 0. The molecule has 0 saturated carbocycles. The molecule has 26 heavy (non-hydrogen) atoms. The molecule has 0 spiro atoms. The first-order valence-corrected chi connectivity index (χ1v) is 9.15. The monoisotopic (exact) mass is 369 g/mol. The number of benzene rings is 1. The van der Waals surface area contributed by atoms with Crippen LogP contribution in [0.3, 0.4) is 0 Å². The second-order valence-corrected chi connectivity index (χ2v) is 7.28. The van der Waals surface area contributed by atoms with Crippen molar-refractivity contribution in [1.29, 1.82) is 0 Å². The van der Waals surface area contributed by atoms with Gasteiger partial charge < -0.3 is 9.26 Å². The van der Waals surface area contributed by atoms with Crippen LogP contribution >= 0.6 is 11.6 Å². The molecule has 2 heterocycles. The van der Waals surface area contributed by atoms with Gasteiger partial charge in [0.2, 0.25) is 5.88 Å². The quantitative estimate of drug-likeness (QED) is 0.650. The van der Waals surface area contributed by atoms with Crippen LogP contribution in [0.15, 0.2) is 35.0 Å². The number of hydrogen-bond acceptors (Lipinski definition) is 5. The van der Waals surface area contributed by atoms with Gasteiger partial charge in [-0.1, -0.05) is 35.0 Å². The lowest BCUT2D eigenvalue weighted by atomic mass is 9.99. The van der Waals surface area contributed by atoms with Crippen molar-refractivity contribution in [2.75, 3.05) is 0 Å². The van der Waals surface area contributed by atoms with Gasteiger partial charge in [0.05, 0.1) is 11.7 Å². The molecule has 2 aromatic heterocycles. The Bertz CT molecular complexity index is 952. The van der Waals surface area contributed by atoms with Crippen LogP contribution in [0.2, 0.25) is 5.02 Å². The van der Waals surface area contributed by atoms with Crippen molar-refractivity contribution >= 4 is 11.6 Å². The Labute approximate surface area is 157 Å². The molecule has 0 unspecified atom stereocenters. The lowest BCUT2D eigenvalue weighted by Crippen LogP contribution is -2.07. The number of ether oxygens (including phenoxy) is 1. The Balaban J connectivity index is 1.62. The van der Waals surface area contributed by atoms with Crippen LogP contribution in [0.4, 0.5) is 0 Å².